The van der Waals surface area contributed by atoms with E-state index in [-0.39, 0.29) is 36.4 Å². The second kappa shape index (κ2) is 14.4. The van der Waals surface area contributed by atoms with E-state index in [9.17, 15) is 4.79 Å². The van der Waals surface area contributed by atoms with E-state index in [4.69, 9.17) is 9.47 Å². The molecule has 2 N–H and O–H groups in total. The fourth-order valence-corrected chi connectivity index (χ4v) is 2.84. The molecule has 8 nitrogen and oxygen atoms in total. The number of halogens is 1. The van der Waals surface area contributed by atoms with Gasteiger partial charge in [0.25, 0.3) is 0 Å². The van der Waals surface area contributed by atoms with Crippen LogP contribution in [0.5, 0.6) is 5.75 Å². The fraction of sp³-hybridized carbons (Fsp3) is 0.579. The Hall–Kier alpha value is -1.59. The van der Waals surface area contributed by atoms with Crippen molar-refractivity contribution in [2.24, 2.45) is 4.99 Å². The highest BCUT2D eigenvalue weighted by Crippen LogP contribution is 2.08. The van der Waals surface area contributed by atoms with Gasteiger partial charge in [0.05, 0.1) is 13.2 Å². The summed E-state index contributed by atoms with van der Waals surface area (Å²) in [5.41, 5.74) is 0. The van der Waals surface area contributed by atoms with Crippen molar-refractivity contribution in [2.45, 2.75) is 0 Å². The summed E-state index contributed by atoms with van der Waals surface area (Å²) in [6, 6.07) is 9.88. The molecule has 0 atom stereocenters. The first-order valence-electron chi connectivity index (χ1n) is 9.34. The molecule has 1 aliphatic heterocycles. The number of carbonyl (C=O) groups is 1. The molecule has 9 heteroatoms. The van der Waals surface area contributed by atoms with Gasteiger partial charge in [0.1, 0.15) is 12.4 Å². The third-order valence-electron chi connectivity index (χ3n) is 4.34. The van der Waals surface area contributed by atoms with Crippen LogP contribution in [0.25, 0.3) is 0 Å². The van der Waals surface area contributed by atoms with Crippen LogP contribution in [0, 0.1) is 0 Å². The van der Waals surface area contributed by atoms with Gasteiger partial charge in [-0.15, -0.1) is 24.0 Å². The Balaban J connectivity index is 0.00000392. The predicted molar refractivity (Wildman–Crippen MR) is 122 cm³/mol. The normalized spacial score (nSPS) is 14.9. The summed E-state index contributed by atoms with van der Waals surface area (Å²) in [5.74, 6) is 1.60. The van der Waals surface area contributed by atoms with Crippen molar-refractivity contribution in [1.29, 1.82) is 0 Å². The number of nitrogens with zero attached hydrogens (tertiary/aromatic N) is 3. The van der Waals surface area contributed by atoms with Crippen LogP contribution in [0.15, 0.2) is 35.3 Å². The second-order valence-corrected chi connectivity index (χ2v) is 6.23. The molecule has 0 bridgehead atoms. The van der Waals surface area contributed by atoms with Crippen LogP contribution >= 0.6 is 24.0 Å². The van der Waals surface area contributed by atoms with Gasteiger partial charge in [0, 0.05) is 53.4 Å². The number of aliphatic imine (C=N–C) groups is 1. The predicted octanol–water partition coefficient (Wildman–Crippen LogP) is 0.639. The lowest BCUT2D eigenvalue weighted by atomic mass is 10.3. The average molecular weight is 505 g/mol. The minimum Gasteiger partial charge on any atom is -0.492 e. The Labute approximate surface area is 184 Å². The molecule has 0 saturated carbocycles. The number of guanidine groups is 1. The van der Waals surface area contributed by atoms with Crippen LogP contribution in [0.2, 0.25) is 0 Å². The van der Waals surface area contributed by atoms with Gasteiger partial charge in [0.2, 0.25) is 5.91 Å². The van der Waals surface area contributed by atoms with E-state index in [0.29, 0.717) is 19.8 Å². The summed E-state index contributed by atoms with van der Waals surface area (Å²) in [4.78, 5) is 20.6. The molecule has 0 unspecified atom stereocenters. The van der Waals surface area contributed by atoms with Crippen molar-refractivity contribution in [1.82, 2.24) is 20.4 Å². The highest BCUT2D eigenvalue weighted by Gasteiger charge is 2.19. The molecule has 1 aliphatic rings. The fourth-order valence-electron chi connectivity index (χ4n) is 2.84. The van der Waals surface area contributed by atoms with E-state index in [1.165, 1.54) is 0 Å². The summed E-state index contributed by atoms with van der Waals surface area (Å²) in [6.07, 6.45) is 0. The number of ether oxygens (including phenoxy) is 2. The number of methoxy groups -OCH3 is 1. The van der Waals surface area contributed by atoms with Crippen LogP contribution in [0.1, 0.15) is 0 Å². The van der Waals surface area contributed by atoms with E-state index in [1.54, 1.807) is 14.2 Å². The molecular formula is C19H32IN5O3. The van der Waals surface area contributed by atoms with Crippen LogP contribution in [0.3, 0.4) is 0 Å². The molecule has 0 spiro atoms. The van der Waals surface area contributed by atoms with E-state index in [1.807, 2.05) is 30.3 Å². The SMILES string of the molecule is CN=C(NCC(=O)NCCOC)N1CCN(CCOc2ccccc2)CC1.I. The Morgan fingerprint density at radius 2 is 1.82 bits per heavy atom. The summed E-state index contributed by atoms with van der Waals surface area (Å²) in [7, 11) is 3.35. The van der Waals surface area contributed by atoms with Crippen molar-refractivity contribution in [3.8, 4) is 5.75 Å². The Kier molecular flexibility index (Phi) is 12.6. The Morgan fingerprint density at radius 1 is 1.11 bits per heavy atom. The van der Waals surface area contributed by atoms with Gasteiger partial charge < -0.3 is 25.0 Å². The zero-order valence-corrected chi connectivity index (χ0v) is 19.1. The number of amides is 1. The quantitative estimate of drug-likeness (QED) is 0.222. The lowest BCUT2D eigenvalue weighted by Crippen LogP contribution is -2.54. The van der Waals surface area contributed by atoms with E-state index >= 15 is 0 Å². The summed E-state index contributed by atoms with van der Waals surface area (Å²) >= 11 is 0. The van der Waals surface area contributed by atoms with Gasteiger partial charge >= 0.3 is 0 Å². The molecule has 1 heterocycles. The first-order chi connectivity index (χ1) is 13.2. The van der Waals surface area contributed by atoms with Gasteiger partial charge in [-0.05, 0) is 12.1 Å². The number of para-hydroxylation sites is 1. The number of hydrogen-bond acceptors (Lipinski definition) is 5. The van der Waals surface area contributed by atoms with E-state index in [0.717, 1.165) is 44.4 Å². The smallest absolute Gasteiger partial charge is 0.239 e. The van der Waals surface area contributed by atoms with E-state index < -0.39 is 0 Å². The van der Waals surface area contributed by atoms with Crippen molar-refractivity contribution < 1.29 is 14.3 Å². The summed E-state index contributed by atoms with van der Waals surface area (Å²) < 4.78 is 10.7. The second-order valence-electron chi connectivity index (χ2n) is 6.23. The van der Waals surface area contributed by atoms with Crippen molar-refractivity contribution in [3.05, 3.63) is 30.3 Å². The zero-order chi connectivity index (χ0) is 19.3. The summed E-state index contributed by atoms with van der Waals surface area (Å²) in [6.45, 7) is 6.44. The molecule has 0 aromatic heterocycles. The number of nitrogens with one attached hydrogen (secondary N) is 2. The Bertz CT molecular complexity index is 580. The standard InChI is InChI=1S/C19H31N5O3.HI/c1-20-19(22-16-18(25)21-8-14-26-2)24-11-9-23(10-12-24)13-15-27-17-6-4-3-5-7-17;/h3-7H,8-16H2,1-2H3,(H,20,22)(H,21,25);1H. The van der Waals surface area contributed by atoms with Gasteiger partial charge in [0.15, 0.2) is 5.96 Å². The minimum absolute atomic E-state index is 0. The number of benzene rings is 1. The first kappa shape index (κ1) is 24.4. The van der Waals surface area contributed by atoms with Gasteiger partial charge in [-0.25, -0.2) is 0 Å². The molecule has 0 aliphatic carbocycles. The van der Waals surface area contributed by atoms with Gasteiger partial charge in [-0.3, -0.25) is 14.7 Å². The molecule has 158 valence electrons. The maximum Gasteiger partial charge on any atom is 0.239 e. The molecule has 0 radical (unpaired) electrons. The monoisotopic (exact) mass is 505 g/mol. The number of hydrogen-bond donors (Lipinski definition) is 2. The highest BCUT2D eigenvalue weighted by atomic mass is 127. The van der Waals surface area contributed by atoms with E-state index in [2.05, 4.69) is 25.4 Å². The summed E-state index contributed by atoms with van der Waals surface area (Å²) in [5, 5.41) is 5.91. The zero-order valence-electron chi connectivity index (χ0n) is 16.7. The molecule has 1 aromatic rings. The topological polar surface area (TPSA) is 78.4 Å². The number of carbonyl (C=O) groups excluding carboxylic acids is 1. The van der Waals surface area contributed by atoms with Gasteiger partial charge in [-0.1, -0.05) is 18.2 Å². The molecule has 1 fully saturated rings. The first-order valence-corrected chi connectivity index (χ1v) is 9.34. The molecule has 1 aromatic carbocycles. The maximum atomic E-state index is 11.8. The molecule has 1 saturated heterocycles. The van der Waals surface area contributed by atoms with Crippen molar-refractivity contribution in [2.75, 3.05) is 73.2 Å². The Morgan fingerprint density at radius 3 is 2.46 bits per heavy atom. The van der Waals surface area contributed by atoms with Crippen LogP contribution < -0.4 is 15.4 Å². The van der Waals surface area contributed by atoms with Crippen LogP contribution in [-0.4, -0.2) is 94.9 Å². The van der Waals surface area contributed by atoms with Crippen LogP contribution in [0.4, 0.5) is 0 Å². The lowest BCUT2D eigenvalue weighted by Gasteiger charge is -2.36. The largest absolute Gasteiger partial charge is 0.492 e. The van der Waals surface area contributed by atoms with Crippen LogP contribution in [-0.2, 0) is 9.53 Å². The average Bonchev–Trinajstić information content (AvgIpc) is 2.70. The lowest BCUT2D eigenvalue weighted by molar-refractivity contribution is -0.120. The molecule has 28 heavy (non-hydrogen) atoms. The highest BCUT2D eigenvalue weighted by molar-refractivity contribution is 14.0. The van der Waals surface area contributed by atoms with Crippen molar-refractivity contribution >= 4 is 35.8 Å². The molecular weight excluding hydrogens is 473 g/mol. The third-order valence-corrected chi connectivity index (χ3v) is 4.34. The molecule has 2 rings (SSSR count). The number of piperazine rings is 1. The third kappa shape index (κ3) is 9.07. The minimum atomic E-state index is -0.0649. The maximum absolute atomic E-state index is 11.8. The van der Waals surface area contributed by atoms with Crippen molar-refractivity contribution in [3.63, 3.8) is 0 Å². The number of rotatable bonds is 9. The molecule has 1 amide bonds. The van der Waals surface area contributed by atoms with Gasteiger partial charge in [-0.2, -0.15) is 0 Å².